The number of hydrogen-bond donors (Lipinski definition) is 1. The molecule has 2 aromatic carbocycles. The van der Waals surface area contributed by atoms with Crippen molar-refractivity contribution in [1.29, 1.82) is 0 Å². The first kappa shape index (κ1) is 37.2. The van der Waals surface area contributed by atoms with Gasteiger partial charge in [0, 0.05) is 88.9 Å². The number of methoxy groups -OCH3 is 1. The summed E-state index contributed by atoms with van der Waals surface area (Å²) in [6.45, 7) is 5.62. The summed E-state index contributed by atoms with van der Waals surface area (Å²) >= 11 is 0. The van der Waals surface area contributed by atoms with Crippen molar-refractivity contribution < 1.29 is 32.3 Å². The number of nitrogens with one attached hydrogen (secondary N) is 1. The zero-order valence-corrected chi connectivity index (χ0v) is 32.7. The fourth-order valence-electron chi connectivity index (χ4n) is 9.34. The van der Waals surface area contributed by atoms with Crippen LogP contribution in [0, 0.1) is 5.41 Å². The smallest absolute Gasteiger partial charge is 0.319 e. The summed E-state index contributed by atoms with van der Waals surface area (Å²) in [5.41, 5.74) is 4.00. The van der Waals surface area contributed by atoms with Crippen LogP contribution in [0.3, 0.4) is 0 Å². The molecule has 13 nitrogen and oxygen atoms in total. The molecule has 286 valence electrons. The van der Waals surface area contributed by atoms with Crippen LogP contribution in [-0.2, 0) is 26.3 Å². The number of likely N-dealkylation sites (tertiary alicyclic amines) is 1. The van der Waals surface area contributed by atoms with Crippen LogP contribution in [0.1, 0.15) is 79.3 Å². The first-order valence-electron chi connectivity index (χ1n) is 18.6. The Morgan fingerprint density at radius 1 is 0.906 bits per heavy atom. The van der Waals surface area contributed by atoms with E-state index >= 15 is 4.79 Å². The normalized spacial score (nSPS) is 24.7. The Hall–Kier alpha value is -4.14. The highest BCUT2D eigenvalue weighted by Crippen LogP contribution is 2.55. The third-order valence-corrected chi connectivity index (χ3v) is 13.1. The molecule has 3 aliphatic heterocycles. The molecule has 3 aromatic rings. The standard InChI is InChI=1S/C39H52N6O7S/c1-24-19-43(20-25(2)52-24)37(47)39-22-44(38(48)41(3)4)21-32(39)31-18-28(51-7)14-16-29(31)35-34(26-11-9-8-10-12-26)30-15-13-27(17-33(30)45(35)23-39)36(46)40-53(49,50)42(5)6/h13-18,24-26,32H,8-12,19-23H2,1-7H3,(H,40,46)/t24-,25+,32-,39+/m1/s1. The van der Waals surface area contributed by atoms with E-state index in [-0.39, 0.29) is 54.6 Å². The maximum absolute atomic E-state index is 15.5. The van der Waals surface area contributed by atoms with Crippen LogP contribution >= 0.6 is 0 Å². The summed E-state index contributed by atoms with van der Waals surface area (Å²) in [7, 11) is 3.78. The van der Waals surface area contributed by atoms with E-state index in [9.17, 15) is 18.0 Å². The van der Waals surface area contributed by atoms with E-state index < -0.39 is 21.5 Å². The van der Waals surface area contributed by atoms with Crippen molar-refractivity contribution in [3.63, 3.8) is 0 Å². The number of carbonyl (C=O) groups excluding carboxylic acids is 3. The number of ether oxygens (including phenoxy) is 2. The molecular formula is C39H52N6O7S. The maximum atomic E-state index is 15.5. The van der Waals surface area contributed by atoms with Gasteiger partial charge in [-0.2, -0.15) is 12.7 Å². The zero-order chi connectivity index (χ0) is 38.0. The molecule has 2 saturated heterocycles. The fourth-order valence-corrected chi connectivity index (χ4v) is 9.87. The summed E-state index contributed by atoms with van der Waals surface area (Å²) in [6.07, 6.45) is 5.11. The van der Waals surface area contributed by atoms with Crippen molar-refractivity contribution in [1.82, 2.24) is 28.3 Å². The molecule has 7 rings (SSSR count). The van der Waals surface area contributed by atoms with Gasteiger partial charge in [-0.15, -0.1) is 0 Å². The predicted molar refractivity (Wildman–Crippen MR) is 202 cm³/mol. The number of benzene rings is 2. The van der Waals surface area contributed by atoms with Crippen LogP contribution in [0.5, 0.6) is 5.75 Å². The number of carbonyl (C=O) groups is 3. The Kier molecular flexibility index (Phi) is 9.77. The van der Waals surface area contributed by atoms with E-state index in [1.807, 2.05) is 36.9 Å². The van der Waals surface area contributed by atoms with Gasteiger partial charge in [0.15, 0.2) is 0 Å². The molecule has 4 heterocycles. The molecule has 0 spiro atoms. The second-order valence-corrected chi connectivity index (χ2v) is 17.7. The van der Waals surface area contributed by atoms with Crippen molar-refractivity contribution in [2.45, 2.75) is 76.5 Å². The topological polar surface area (TPSA) is 134 Å². The molecule has 0 radical (unpaired) electrons. The first-order valence-corrected chi connectivity index (χ1v) is 20.1. The first-order chi connectivity index (χ1) is 25.1. The Bertz CT molecular complexity index is 2050. The van der Waals surface area contributed by atoms with Gasteiger partial charge in [-0.25, -0.2) is 9.52 Å². The highest BCUT2D eigenvalue weighted by Gasteiger charge is 2.58. The van der Waals surface area contributed by atoms with Gasteiger partial charge < -0.3 is 28.7 Å². The van der Waals surface area contributed by atoms with E-state index in [0.717, 1.165) is 57.7 Å². The molecule has 0 bridgehead atoms. The molecule has 1 N–H and O–H groups in total. The van der Waals surface area contributed by atoms with Crippen molar-refractivity contribution in [2.75, 3.05) is 61.5 Å². The fraction of sp³-hybridized carbons (Fsp3) is 0.564. The van der Waals surface area contributed by atoms with E-state index in [2.05, 4.69) is 15.4 Å². The quantitative estimate of drug-likeness (QED) is 0.389. The molecule has 3 fully saturated rings. The summed E-state index contributed by atoms with van der Waals surface area (Å²) in [5, 5.41) is 0.981. The maximum Gasteiger partial charge on any atom is 0.319 e. The SMILES string of the molecule is COc1ccc2c(c1)[C@H]1CN(C(=O)N(C)C)C[C@]1(C(=O)N1C[C@@H](C)O[C@@H](C)C1)Cn1c-2c(C2CCCCC2)c2ccc(C(=O)NS(=O)(=O)N(C)C)cc21. The van der Waals surface area contributed by atoms with Gasteiger partial charge >= 0.3 is 16.2 Å². The lowest BCUT2D eigenvalue weighted by atomic mass is 9.72. The van der Waals surface area contributed by atoms with Gasteiger partial charge in [0.25, 0.3) is 5.91 Å². The van der Waals surface area contributed by atoms with Crippen molar-refractivity contribution in [2.24, 2.45) is 5.41 Å². The number of morpholine rings is 1. The molecule has 4 atom stereocenters. The second kappa shape index (κ2) is 13.9. The average molecular weight is 749 g/mol. The third kappa shape index (κ3) is 6.46. The van der Waals surface area contributed by atoms with Gasteiger partial charge in [0.2, 0.25) is 5.91 Å². The molecule has 1 saturated carbocycles. The largest absolute Gasteiger partial charge is 0.497 e. The number of fused-ring (bicyclic) bond motifs is 7. The van der Waals surface area contributed by atoms with E-state index in [1.54, 1.807) is 43.1 Å². The number of urea groups is 1. The van der Waals surface area contributed by atoms with Gasteiger partial charge in [0.1, 0.15) is 5.75 Å². The van der Waals surface area contributed by atoms with Gasteiger partial charge in [-0.1, -0.05) is 25.3 Å². The number of rotatable bonds is 6. The van der Waals surface area contributed by atoms with Crippen LogP contribution in [-0.4, -0.2) is 124 Å². The molecule has 14 heteroatoms. The second-order valence-electron chi connectivity index (χ2n) is 15.8. The van der Waals surface area contributed by atoms with Crippen molar-refractivity contribution >= 4 is 39.0 Å². The highest BCUT2D eigenvalue weighted by molar-refractivity contribution is 7.87. The Balaban J connectivity index is 1.51. The van der Waals surface area contributed by atoms with Gasteiger partial charge in [-0.05, 0) is 74.1 Å². The van der Waals surface area contributed by atoms with Crippen LogP contribution < -0.4 is 9.46 Å². The van der Waals surface area contributed by atoms with Crippen molar-refractivity contribution in [3.05, 3.63) is 53.1 Å². The van der Waals surface area contributed by atoms with Crippen molar-refractivity contribution in [3.8, 4) is 17.0 Å². The minimum Gasteiger partial charge on any atom is -0.497 e. The van der Waals surface area contributed by atoms with Crippen LogP contribution in [0.4, 0.5) is 4.79 Å². The third-order valence-electron chi connectivity index (χ3n) is 11.7. The van der Waals surface area contributed by atoms with Crippen LogP contribution in [0.25, 0.3) is 22.2 Å². The zero-order valence-electron chi connectivity index (χ0n) is 31.8. The lowest BCUT2D eigenvalue weighted by molar-refractivity contribution is -0.154. The Labute approximate surface area is 312 Å². The number of aromatic nitrogens is 1. The molecular weight excluding hydrogens is 697 g/mol. The Morgan fingerprint density at radius 2 is 1.60 bits per heavy atom. The molecule has 1 aromatic heterocycles. The summed E-state index contributed by atoms with van der Waals surface area (Å²) < 4.78 is 42.7. The molecule has 4 amide bonds. The monoisotopic (exact) mass is 748 g/mol. The van der Waals surface area contributed by atoms with E-state index in [1.165, 1.54) is 26.1 Å². The number of amides is 4. The average Bonchev–Trinajstić information content (AvgIpc) is 3.63. The number of nitrogens with zero attached hydrogens (tertiary/aromatic N) is 5. The lowest BCUT2D eigenvalue weighted by Gasteiger charge is -2.42. The summed E-state index contributed by atoms with van der Waals surface area (Å²) in [6, 6.07) is 11.3. The van der Waals surface area contributed by atoms with Gasteiger partial charge in [-0.3, -0.25) is 9.59 Å². The van der Waals surface area contributed by atoms with Crippen LogP contribution in [0.2, 0.25) is 0 Å². The lowest BCUT2D eigenvalue weighted by Crippen LogP contribution is -2.56. The van der Waals surface area contributed by atoms with E-state index in [4.69, 9.17) is 9.47 Å². The van der Waals surface area contributed by atoms with Gasteiger partial charge in [0.05, 0.1) is 30.4 Å². The Morgan fingerprint density at radius 3 is 2.25 bits per heavy atom. The summed E-state index contributed by atoms with van der Waals surface area (Å²) in [5.74, 6) is -0.224. The molecule has 0 unspecified atom stereocenters. The van der Waals surface area contributed by atoms with Crippen LogP contribution in [0.15, 0.2) is 36.4 Å². The molecule has 4 aliphatic rings. The minimum absolute atomic E-state index is 0.0350. The molecule has 1 aliphatic carbocycles. The molecule has 53 heavy (non-hydrogen) atoms. The minimum atomic E-state index is -4.04. The summed E-state index contributed by atoms with van der Waals surface area (Å²) in [4.78, 5) is 48.1. The highest BCUT2D eigenvalue weighted by atomic mass is 32.2. The predicted octanol–water partition coefficient (Wildman–Crippen LogP) is 4.62. The van der Waals surface area contributed by atoms with E-state index in [0.29, 0.717) is 25.4 Å². The number of hydrogen-bond acceptors (Lipinski definition) is 7.